The molecule has 138 valence electrons. The van der Waals surface area contributed by atoms with Crippen molar-refractivity contribution >= 4 is 27.4 Å². The average Bonchev–Trinajstić information content (AvgIpc) is 3.46. The third kappa shape index (κ3) is 5.03. The maximum Gasteiger partial charge on any atom is 0.246 e. The van der Waals surface area contributed by atoms with E-state index >= 15 is 0 Å². The Morgan fingerprint density at radius 3 is 2.54 bits per heavy atom. The summed E-state index contributed by atoms with van der Waals surface area (Å²) < 4.78 is 26.9. The monoisotopic (exact) mass is 374 g/mol. The van der Waals surface area contributed by atoms with E-state index in [1.54, 1.807) is 25.1 Å². The highest BCUT2D eigenvalue weighted by molar-refractivity contribution is 7.89. The fraction of sp³-hybridized carbons (Fsp3) is 0.333. The zero-order valence-electron chi connectivity index (χ0n) is 14.5. The molecule has 0 bridgehead atoms. The van der Waals surface area contributed by atoms with Gasteiger partial charge in [-0.15, -0.1) is 0 Å². The van der Waals surface area contributed by atoms with Gasteiger partial charge in [0.25, 0.3) is 0 Å². The van der Waals surface area contributed by atoms with Crippen molar-refractivity contribution in [2.24, 2.45) is 5.92 Å². The second kappa shape index (κ2) is 7.84. The molecule has 7 nitrogen and oxygen atoms in total. The van der Waals surface area contributed by atoms with Crippen LogP contribution in [0.4, 0.5) is 11.5 Å². The average molecular weight is 374 g/mol. The molecule has 1 amide bonds. The van der Waals surface area contributed by atoms with Gasteiger partial charge in [-0.25, -0.2) is 18.1 Å². The zero-order chi connectivity index (χ0) is 18.6. The molecule has 1 atom stereocenters. The Kier molecular flexibility index (Phi) is 5.53. The molecule has 0 saturated heterocycles. The topological polar surface area (TPSA) is 100 Å². The van der Waals surface area contributed by atoms with E-state index in [4.69, 9.17) is 0 Å². The summed E-state index contributed by atoms with van der Waals surface area (Å²) in [5, 5.41) is 5.76. The molecule has 8 heteroatoms. The number of pyridine rings is 1. The number of nitrogens with zero attached hydrogens (tertiary/aromatic N) is 1. The highest BCUT2D eigenvalue weighted by atomic mass is 32.2. The number of para-hydroxylation sites is 1. The molecule has 2 aromatic rings. The number of hydrogen-bond donors (Lipinski definition) is 3. The summed E-state index contributed by atoms with van der Waals surface area (Å²) in [7, 11) is -3.54. The number of nitrogens with one attached hydrogen (secondary N) is 3. The minimum atomic E-state index is -3.54. The van der Waals surface area contributed by atoms with E-state index in [2.05, 4.69) is 20.3 Å². The quantitative estimate of drug-likeness (QED) is 0.658. The van der Waals surface area contributed by atoms with E-state index in [0.717, 1.165) is 12.8 Å². The summed E-state index contributed by atoms with van der Waals surface area (Å²) in [5.74, 6) is 0.685. The smallest absolute Gasteiger partial charge is 0.246 e. The molecular formula is C18H22N4O3S. The Balaban J connectivity index is 1.56. The first-order valence-electron chi connectivity index (χ1n) is 8.52. The predicted octanol–water partition coefficient (Wildman–Crippen LogP) is 2.21. The third-order valence-corrected chi connectivity index (χ3v) is 5.51. The zero-order valence-corrected chi connectivity index (χ0v) is 15.3. The van der Waals surface area contributed by atoms with Gasteiger partial charge in [0.15, 0.2) is 0 Å². The van der Waals surface area contributed by atoms with Gasteiger partial charge in [-0.1, -0.05) is 18.2 Å². The van der Waals surface area contributed by atoms with Gasteiger partial charge >= 0.3 is 0 Å². The summed E-state index contributed by atoms with van der Waals surface area (Å²) in [6.45, 7) is 2.18. The molecule has 0 aliphatic heterocycles. The van der Waals surface area contributed by atoms with Crippen LogP contribution in [0.1, 0.15) is 19.8 Å². The number of aromatic nitrogens is 1. The summed E-state index contributed by atoms with van der Waals surface area (Å²) in [6, 6.07) is 11.7. The van der Waals surface area contributed by atoms with E-state index in [1.807, 2.05) is 18.2 Å². The van der Waals surface area contributed by atoms with Crippen molar-refractivity contribution in [2.45, 2.75) is 30.7 Å². The summed E-state index contributed by atoms with van der Waals surface area (Å²) >= 11 is 0. The molecule has 3 rings (SSSR count). The van der Waals surface area contributed by atoms with Crippen molar-refractivity contribution in [1.29, 1.82) is 0 Å². The van der Waals surface area contributed by atoms with Crippen molar-refractivity contribution in [3.8, 4) is 0 Å². The van der Waals surface area contributed by atoms with Gasteiger partial charge in [0.2, 0.25) is 15.9 Å². The molecule has 3 N–H and O–H groups in total. The standard InChI is InChI=1S/C18H22N4O3S/c1-13(18(23)22-15-5-3-2-4-6-15)21-17-10-9-16(12-19-17)26(24,25)20-11-14-7-8-14/h2-6,9-10,12-14,20H,7-8,11H2,1H3,(H,19,21)(H,22,23). The van der Waals surface area contributed by atoms with E-state index in [9.17, 15) is 13.2 Å². The van der Waals surface area contributed by atoms with Crippen LogP contribution in [0, 0.1) is 5.92 Å². The number of amides is 1. The molecule has 1 unspecified atom stereocenters. The Labute approximate surface area is 153 Å². The highest BCUT2D eigenvalue weighted by Crippen LogP contribution is 2.28. The van der Waals surface area contributed by atoms with Crippen LogP contribution in [-0.4, -0.2) is 31.9 Å². The fourth-order valence-corrected chi connectivity index (χ4v) is 3.38. The van der Waals surface area contributed by atoms with Gasteiger partial charge in [0.05, 0.1) is 0 Å². The molecule has 1 aliphatic rings. The number of carbonyl (C=O) groups excluding carboxylic acids is 1. The Morgan fingerprint density at radius 2 is 1.92 bits per heavy atom. The second-order valence-electron chi connectivity index (χ2n) is 6.40. The van der Waals surface area contributed by atoms with E-state index in [1.165, 1.54) is 12.3 Å². The SMILES string of the molecule is CC(Nc1ccc(S(=O)(=O)NCC2CC2)cn1)C(=O)Nc1ccccc1. The van der Waals surface area contributed by atoms with Gasteiger partial charge in [-0.05, 0) is 49.9 Å². The number of rotatable bonds is 8. The van der Waals surface area contributed by atoms with Crippen LogP contribution in [0.2, 0.25) is 0 Å². The van der Waals surface area contributed by atoms with Gasteiger partial charge in [-0.3, -0.25) is 4.79 Å². The lowest BCUT2D eigenvalue weighted by molar-refractivity contribution is -0.116. The largest absolute Gasteiger partial charge is 0.359 e. The maximum atomic E-state index is 12.2. The molecule has 1 fully saturated rings. The van der Waals surface area contributed by atoms with E-state index < -0.39 is 16.1 Å². The third-order valence-electron chi connectivity index (χ3n) is 4.10. The summed E-state index contributed by atoms with van der Waals surface area (Å²) in [6.07, 6.45) is 3.44. The van der Waals surface area contributed by atoms with Crippen molar-refractivity contribution < 1.29 is 13.2 Å². The summed E-state index contributed by atoms with van der Waals surface area (Å²) in [4.78, 5) is 16.4. The molecule has 26 heavy (non-hydrogen) atoms. The maximum absolute atomic E-state index is 12.2. The van der Waals surface area contributed by atoms with Crippen molar-refractivity contribution in [3.05, 3.63) is 48.7 Å². The van der Waals surface area contributed by atoms with Crippen molar-refractivity contribution in [2.75, 3.05) is 17.2 Å². The number of hydrogen-bond acceptors (Lipinski definition) is 5. The van der Waals surface area contributed by atoms with Gasteiger partial charge in [0.1, 0.15) is 16.8 Å². The first-order valence-corrected chi connectivity index (χ1v) is 10.0. The fourth-order valence-electron chi connectivity index (χ4n) is 2.32. The Bertz CT molecular complexity index is 850. The molecule has 1 aromatic heterocycles. The van der Waals surface area contributed by atoms with Crippen LogP contribution in [0.5, 0.6) is 0 Å². The first-order chi connectivity index (χ1) is 12.4. The number of anilines is 2. The molecule has 1 saturated carbocycles. The van der Waals surface area contributed by atoms with Crippen LogP contribution in [0.3, 0.4) is 0 Å². The Hall–Kier alpha value is -2.45. The highest BCUT2D eigenvalue weighted by Gasteiger charge is 2.24. The van der Waals surface area contributed by atoms with Gasteiger partial charge in [-0.2, -0.15) is 0 Å². The van der Waals surface area contributed by atoms with Crippen LogP contribution >= 0.6 is 0 Å². The van der Waals surface area contributed by atoms with Crippen molar-refractivity contribution in [1.82, 2.24) is 9.71 Å². The van der Waals surface area contributed by atoms with Crippen LogP contribution in [0.25, 0.3) is 0 Å². The van der Waals surface area contributed by atoms with Gasteiger partial charge < -0.3 is 10.6 Å². The lowest BCUT2D eigenvalue weighted by Gasteiger charge is -2.15. The molecule has 1 heterocycles. The number of carbonyl (C=O) groups is 1. The number of sulfonamides is 1. The van der Waals surface area contributed by atoms with Crippen molar-refractivity contribution in [3.63, 3.8) is 0 Å². The van der Waals surface area contributed by atoms with E-state index in [0.29, 0.717) is 24.0 Å². The molecule has 1 aromatic carbocycles. The minimum absolute atomic E-state index is 0.116. The predicted molar refractivity (Wildman–Crippen MR) is 100 cm³/mol. The van der Waals surface area contributed by atoms with Gasteiger partial charge in [0, 0.05) is 18.4 Å². The van der Waals surface area contributed by atoms with E-state index in [-0.39, 0.29) is 10.8 Å². The van der Waals surface area contributed by atoms with Crippen LogP contribution in [-0.2, 0) is 14.8 Å². The van der Waals surface area contributed by atoms with Crippen LogP contribution < -0.4 is 15.4 Å². The van der Waals surface area contributed by atoms with Crippen LogP contribution in [0.15, 0.2) is 53.6 Å². The first kappa shape index (κ1) is 18.3. The minimum Gasteiger partial charge on any atom is -0.359 e. The summed E-state index contributed by atoms with van der Waals surface area (Å²) in [5.41, 5.74) is 0.710. The molecule has 1 aliphatic carbocycles. The molecule has 0 spiro atoms. The normalized spacial score (nSPS) is 15.3. The lowest BCUT2D eigenvalue weighted by Crippen LogP contribution is -2.32. The lowest BCUT2D eigenvalue weighted by atomic mass is 10.2. The Morgan fingerprint density at radius 1 is 1.19 bits per heavy atom. The molecular weight excluding hydrogens is 352 g/mol. The number of benzene rings is 1. The second-order valence-corrected chi connectivity index (χ2v) is 8.16. The molecule has 0 radical (unpaired) electrons.